The minimum Gasteiger partial charge on any atom is -0.486 e. The lowest BCUT2D eigenvalue weighted by atomic mass is 9.84. The average Bonchev–Trinajstić information content (AvgIpc) is 3.34. The van der Waals surface area contributed by atoms with Gasteiger partial charge >= 0.3 is 0 Å². The number of aliphatic imine (C=N–C) groups is 1. The molecular weight excluding hydrogens is 481 g/mol. The Morgan fingerprint density at radius 1 is 1.17 bits per heavy atom. The van der Waals surface area contributed by atoms with Crippen molar-refractivity contribution in [2.45, 2.75) is 39.0 Å². The van der Waals surface area contributed by atoms with Gasteiger partial charge in [-0.15, -0.1) is 24.0 Å². The third-order valence-corrected chi connectivity index (χ3v) is 6.21. The zero-order chi connectivity index (χ0) is 19.6. The van der Waals surface area contributed by atoms with Gasteiger partial charge in [0.15, 0.2) is 17.5 Å². The predicted molar refractivity (Wildman–Crippen MR) is 126 cm³/mol. The number of likely N-dealkylation sites (tertiary alicyclic amines) is 1. The Bertz CT molecular complexity index is 732. The van der Waals surface area contributed by atoms with Gasteiger partial charge in [0, 0.05) is 37.1 Å². The molecule has 1 aromatic rings. The van der Waals surface area contributed by atoms with Gasteiger partial charge < -0.3 is 24.4 Å². The minimum absolute atomic E-state index is 0. The van der Waals surface area contributed by atoms with Crippen molar-refractivity contribution >= 4 is 29.9 Å². The maximum Gasteiger partial charge on any atom is 0.193 e. The van der Waals surface area contributed by atoms with Gasteiger partial charge in [0.1, 0.15) is 13.2 Å². The maximum atomic E-state index is 5.76. The van der Waals surface area contributed by atoms with Crippen LogP contribution in [0.15, 0.2) is 23.2 Å². The van der Waals surface area contributed by atoms with Gasteiger partial charge in [0.05, 0.1) is 13.2 Å². The Morgan fingerprint density at radius 3 is 2.69 bits per heavy atom. The number of hydrogen-bond acceptors (Lipinski definition) is 4. The van der Waals surface area contributed by atoms with E-state index in [1.165, 1.54) is 18.4 Å². The van der Waals surface area contributed by atoms with E-state index >= 15 is 0 Å². The van der Waals surface area contributed by atoms with Crippen molar-refractivity contribution in [3.8, 4) is 11.5 Å². The summed E-state index contributed by atoms with van der Waals surface area (Å²) in [6.45, 7) is 13.3. The van der Waals surface area contributed by atoms with E-state index in [1.54, 1.807) is 0 Å². The average molecular weight is 515 g/mol. The molecule has 4 rings (SSSR count). The molecule has 7 heteroatoms. The van der Waals surface area contributed by atoms with Crippen molar-refractivity contribution < 1.29 is 14.2 Å². The van der Waals surface area contributed by atoms with Crippen LogP contribution in [0.25, 0.3) is 0 Å². The summed E-state index contributed by atoms with van der Waals surface area (Å²) in [5.41, 5.74) is 1.46. The standard InChI is InChI=1S/C22H33N3O3.HI/c1-4-23-20(25-9-7-22(15-25)8-10-26-16-22)24-14-21(2,3)17-5-6-18-19(13-17)28-12-11-27-18;/h5-6,13H,4,7-12,14-16H2,1-3H3,(H,23,24);1H. The summed E-state index contributed by atoms with van der Waals surface area (Å²) in [7, 11) is 0. The number of benzene rings is 1. The zero-order valence-electron chi connectivity index (χ0n) is 17.8. The molecule has 2 saturated heterocycles. The Kier molecular flexibility index (Phi) is 7.19. The molecule has 162 valence electrons. The van der Waals surface area contributed by atoms with Crippen LogP contribution in [0.5, 0.6) is 11.5 Å². The number of nitrogens with one attached hydrogen (secondary N) is 1. The van der Waals surface area contributed by atoms with Crippen LogP contribution in [0, 0.1) is 5.41 Å². The van der Waals surface area contributed by atoms with Gasteiger partial charge in [-0.2, -0.15) is 0 Å². The number of ether oxygens (including phenoxy) is 3. The SMILES string of the molecule is CCNC(=NCC(C)(C)c1ccc2c(c1)OCCO2)N1CCC2(CCOC2)C1.I. The lowest BCUT2D eigenvalue weighted by Crippen LogP contribution is -2.42. The Labute approximate surface area is 191 Å². The van der Waals surface area contributed by atoms with Crippen molar-refractivity contribution in [1.29, 1.82) is 0 Å². The molecular formula is C22H34IN3O3. The molecule has 29 heavy (non-hydrogen) atoms. The molecule has 0 saturated carbocycles. The second kappa shape index (κ2) is 9.29. The second-order valence-corrected chi connectivity index (χ2v) is 8.89. The lowest BCUT2D eigenvalue weighted by molar-refractivity contribution is 0.156. The number of rotatable bonds is 4. The molecule has 6 nitrogen and oxygen atoms in total. The number of hydrogen-bond donors (Lipinski definition) is 1. The molecule has 0 bridgehead atoms. The van der Waals surface area contributed by atoms with Crippen molar-refractivity contribution in [3.63, 3.8) is 0 Å². The van der Waals surface area contributed by atoms with Gasteiger partial charge in [0.25, 0.3) is 0 Å². The highest BCUT2D eigenvalue weighted by atomic mass is 127. The number of fused-ring (bicyclic) bond motifs is 1. The molecule has 3 heterocycles. The van der Waals surface area contributed by atoms with E-state index in [4.69, 9.17) is 19.2 Å². The monoisotopic (exact) mass is 515 g/mol. The van der Waals surface area contributed by atoms with E-state index in [-0.39, 0.29) is 29.4 Å². The second-order valence-electron chi connectivity index (χ2n) is 8.89. The predicted octanol–water partition coefficient (Wildman–Crippen LogP) is 3.43. The van der Waals surface area contributed by atoms with Crippen LogP contribution < -0.4 is 14.8 Å². The molecule has 2 fully saturated rings. The van der Waals surface area contributed by atoms with E-state index in [1.807, 2.05) is 6.07 Å². The minimum atomic E-state index is -0.0929. The quantitative estimate of drug-likeness (QED) is 0.379. The summed E-state index contributed by atoms with van der Waals surface area (Å²) in [5, 5.41) is 3.50. The van der Waals surface area contributed by atoms with Crippen LogP contribution in [0.4, 0.5) is 0 Å². The normalized spacial score (nSPS) is 24.0. The fraction of sp³-hybridized carbons (Fsp3) is 0.682. The first-order valence-corrected chi connectivity index (χ1v) is 10.5. The van der Waals surface area contributed by atoms with Crippen molar-refractivity contribution in [1.82, 2.24) is 10.2 Å². The third-order valence-electron chi connectivity index (χ3n) is 6.21. The summed E-state index contributed by atoms with van der Waals surface area (Å²) >= 11 is 0. The molecule has 1 N–H and O–H groups in total. The largest absolute Gasteiger partial charge is 0.486 e. The zero-order valence-corrected chi connectivity index (χ0v) is 20.2. The fourth-order valence-electron chi connectivity index (χ4n) is 4.34. The topological polar surface area (TPSA) is 55.3 Å². The van der Waals surface area contributed by atoms with E-state index in [0.717, 1.165) is 56.9 Å². The number of nitrogens with zero attached hydrogens (tertiary/aromatic N) is 2. The molecule has 0 aliphatic carbocycles. The fourth-order valence-corrected chi connectivity index (χ4v) is 4.34. The molecule has 0 radical (unpaired) electrons. The van der Waals surface area contributed by atoms with Gasteiger partial charge in [-0.25, -0.2) is 0 Å². The summed E-state index contributed by atoms with van der Waals surface area (Å²) in [5.74, 6) is 2.70. The Morgan fingerprint density at radius 2 is 1.97 bits per heavy atom. The Hall–Kier alpha value is -1.22. The van der Waals surface area contributed by atoms with Gasteiger partial charge in [0.2, 0.25) is 0 Å². The molecule has 1 spiro atoms. The third kappa shape index (κ3) is 4.93. The van der Waals surface area contributed by atoms with E-state index < -0.39 is 0 Å². The molecule has 1 atom stereocenters. The molecule has 1 unspecified atom stereocenters. The smallest absolute Gasteiger partial charge is 0.193 e. The highest BCUT2D eigenvalue weighted by molar-refractivity contribution is 14.0. The molecule has 3 aliphatic rings. The van der Waals surface area contributed by atoms with Gasteiger partial charge in [-0.1, -0.05) is 19.9 Å². The first kappa shape index (κ1) is 22.5. The van der Waals surface area contributed by atoms with Crippen LogP contribution >= 0.6 is 24.0 Å². The number of halogens is 1. The van der Waals surface area contributed by atoms with E-state index in [0.29, 0.717) is 18.6 Å². The Balaban J connectivity index is 0.00000240. The molecule has 3 aliphatic heterocycles. The summed E-state index contributed by atoms with van der Waals surface area (Å²) in [6.07, 6.45) is 2.37. The first-order chi connectivity index (χ1) is 13.5. The lowest BCUT2D eigenvalue weighted by Gasteiger charge is -2.28. The van der Waals surface area contributed by atoms with Gasteiger partial charge in [-0.3, -0.25) is 4.99 Å². The van der Waals surface area contributed by atoms with Crippen LogP contribution in [0.2, 0.25) is 0 Å². The van der Waals surface area contributed by atoms with Crippen molar-refractivity contribution in [2.75, 3.05) is 52.6 Å². The number of guanidine groups is 1. The summed E-state index contributed by atoms with van der Waals surface area (Å²) in [4.78, 5) is 7.44. The summed E-state index contributed by atoms with van der Waals surface area (Å²) in [6, 6.07) is 6.26. The summed E-state index contributed by atoms with van der Waals surface area (Å²) < 4.78 is 17.1. The van der Waals surface area contributed by atoms with E-state index in [9.17, 15) is 0 Å². The van der Waals surface area contributed by atoms with Crippen LogP contribution in [-0.2, 0) is 10.2 Å². The van der Waals surface area contributed by atoms with E-state index in [2.05, 4.69) is 43.1 Å². The molecule has 0 aromatic heterocycles. The van der Waals surface area contributed by atoms with Gasteiger partial charge in [-0.05, 0) is 37.5 Å². The van der Waals surface area contributed by atoms with Crippen molar-refractivity contribution in [3.05, 3.63) is 23.8 Å². The molecule has 1 aromatic carbocycles. The first-order valence-electron chi connectivity index (χ1n) is 10.5. The molecule has 0 amide bonds. The highest BCUT2D eigenvalue weighted by Gasteiger charge is 2.42. The van der Waals surface area contributed by atoms with Crippen LogP contribution in [0.1, 0.15) is 39.2 Å². The highest BCUT2D eigenvalue weighted by Crippen LogP contribution is 2.38. The van der Waals surface area contributed by atoms with Crippen LogP contribution in [-0.4, -0.2) is 63.5 Å². The van der Waals surface area contributed by atoms with Crippen molar-refractivity contribution in [2.24, 2.45) is 10.4 Å². The maximum absolute atomic E-state index is 5.76. The van der Waals surface area contributed by atoms with Crippen LogP contribution in [0.3, 0.4) is 0 Å².